The van der Waals surface area contributed by atoms with E-state index in [0.717, 1.165) is 12.0 Å². The molecule has 2 amide bonds. The first-order valence-electron chi connectivity index (χ1n) is 8.19. The molecule has 1 N–H and O–H groups in total. The minimum Gasteiger partial charge on any atom is -0.433 e. The number of anilines is 1. The van der Waals surface area contributed by atoms with Gasteiger partial charge < -0.3 is 15.0 Å². The fourth-order valence-electron chi connectivity index (χ4n) is 2.82. The number of halogens is 2. The van der Waals surface area contributed by atoms with Crippen LogP contribution in [-0.2, 0) is 22.6 Å². The molecule has 2 heterocycles. The largest absolute Gasteiger partial charge is 0.433 e. The van der Waals surface area contributed by atoms with Crippen LogP contribution in [0.1, 0.15) is 23.3 Å². The number of benzene rings is 1. The topological polar surface area (TPSA) is 58.6 Å². The fourth-order valence-corrected chi connectivity index (χ4v) is 3.71. The zero-order valence-electron chi connectivity index (χ0n) is 13.9. The lowest BCUT2D eigenvalue weighted by atomic mass is 10.1. The molecule has 26 heavy (non-hydrogen) atoms. The molecule has 5 nitrogen and oxygen atoms in total. The highest BCUT2D eigenvalue weighted by Gasteiger charge is 2.22. The van der Waals surface area contributed by atoms with Crippen LogP contribution in [0.15, 0.2) is 35.7 Å². The van der Waals surface area contributed by atoms with Crippen molar-refractivity contribution in [3.63, 3.8) is 0 Å². The van der Waals surface area contributed by atoms with E-state index in [1.807, 2.05) is 11.4 Å². The maximum atomic E-state index is 12.4. The Balaban J connectivity index is 1.51. The van der Waals surface area contributed by atoms with Crippen LogP contribution < -0.4 is 10.1 Å². The zero-order valence-corrected chi connectivity index (χ0v) is 14.7. The van der Waals surface area contributed by atoms with Gasteiger partial charge in [-0.25, -0.2) is 0 Å². The molecule has 0 aliphatic carbocycles. The van der Waals surface area contributed by atoms with Crippen LogP contribution >= 0.6 is 11.3 Å². The van der Waals surface area contributed by atoms with Crippen molar-refractivity contribution in [1.82, 2.24) is 4.90 Å². The number of rotatable bonds is 6. The van der Waals surface area contributed by atoms with E-state index in [2.05, 4.69) is 10.1 Å². The lowest BCUT2D eigenvalue weighted by Crippen LogP contribution is -2.35. The monoisotopic (exact) mass is 380 g/mol. The maximum absolute atomic E-state index is 12.4. The molecule has 1 aliphatic rings. The highest BCUT2D eigenvalue weighted by molar-refractivity contribution is 7.10. The Morgan fingerprint density at radius 2 is 2.04 bits per heavy atom. The van der Waals surface area contributed by atoms with Gasteiger partial charge in [0.2, 0.25) is 11.8 Å². The molecule has 0 unspecified atom stereocenters. The molecule has 2 aromatic rings. The van der Waals surface area contributed by atoms with Crippen molar-refractivity contribution in [1.29, 1.82) is 0 Å². The zero-order chi connectivity index (χ0) is 18.5. The molecule has 0 fully saturated rings. The van der Waals surface area contributed by atoms with Crippen molar-refractivity contribution in [2.45, 2.75) is 32.4 Å². The first kappa shape index (κ1) is 18.3. The predicted octanol–water partition coefficient (Wildman–Crippen LogP) is 3.65. The van der Waals surface area contributed by atoms with E-state index < -0.39 is 12.5 Å². The summed E-state index contributed by atoms with van der Waals surface area (Å²) < 4.78 is 29.2. The third-order valence-electron chi connectivity index (χ3n) is 4.10. The van der Waals surface area contributed by atoms with E-state index in [1.54, 1.807) is 22.3 Å². The number of hydrogen-bond acceptors (Lipinski definition) is 4. The Bertz CT molecular complexity index is 794. The van der Waals surface area contributed by atoms with Crippen molar-refractivity contribution in [2.24, 2.45) is 0 Å². The average Bonchev–Trinajstić information content (AvgIpc) is 3.08. The van der Waals surface area contributed by atoms with Crippen molar-refractivity contribution >= 4 is 28.8 Å². The van der Waals surface area contributed by atoms with Gasteiger partial charge in [0.1, 0.15) is 5.75 Å². The summed E-state index contributed by atoms with van der Waals surface area (Å²) in [5.74, 6) is -0.616. The Kier molecular flexibility index (Phi) is 5.82. The molecule has 0 saturated carbocycles. The second-order valence-electron chi connectivity index (χ2n) is 5.86. The second-order valence-corrected chi connectivity index (χ2v) is 6.86. The number of para-hydroxylation sites is 2. The van der Waals surface area contributed by atoms with E-state index in [9.17, 15) is 18.4 Å². The van der Waals surface area contributed by atoms with Crippen LogP contribution in [-0.4, -0.2) is 29.9 Å². The van der Waals surface area contributed by atoms with Crippen LogP contribution in [0.25, 0.3) is 0 Å². The number of nitrogens with zero attached hydrogens (tertiary/aromatic N) is 1. The number of thiophene rings is 1. The average molecular weight is 380 g/mol. The van der Waals surface area contributed by atoms with E-state index >= 15 is 0 Å². The molecule has 1 aromatic carbocycles. The van der Waals surface area contributed by atoms with Gasteiger partial charge in [-0.1, -0.05) is 12.1 Å². The molecule has 0 spiro atoms. The number of alkyl halides is 2. The van der Waals surface area contributed by atoms with Crippen LogP contribution in [0.3, 0.4) is 0 Å². The SMILES string of the molecule is O=C(CCC(=O)N1CCc2sccc2C1)Nc1ccccc1OC(F)F. The Hall–Kier alpha value is -2.48. The van der Waals surface area contributed by atoms with Gasteiger partial charge in [0.15, 0.2) is 0 Å². The van der Waals surface area contributed by atoms with Crippen molar-refractivity contribution in [3.05, 3.63) is 46.2 Å². The summed E-state index contributed by atoms with van der Waals surface area (Å²) in [6.07, 6.45) is 0.890. The standard InChI is InChI=1S/C18H18F2N2O3S/c19-18(20)25-14-4-2-1-3-13(14)21-16(23)5-6-17(24)22-9-7-15-12(11-22)8-10-26-15/h1-4,8,10,18H,5-7,9,11H2,(H,21,23). The number of fused-ring (bicyclic) bond motifs is 1. The summed E-state index contributed by atoms with van der Waals surface area (Å²) in [7, 11) is 0. The van der Waals surface area contributed by atoms with Crippen LogP contribution in [0, 0.1) is 0 Å². The summed E-state index contributed by atoms with van der Waals surface area (Å²) in [6.45, 7) is -1.75. The Labute approximate surface area is 153 Å². The van der Waals surface area contributed by atoms with Gasteiger partial charge in [-0.2, -0.15) is 8.78 Å². The van der Waals surface area contributed by atoms with E-state index in [-0.39, 0.29) is 30.2 Å². The molecule has 1 aromatic heterocycles. The summed E-state index contributed by atoms with van der Waals surface area (Å²) >= 11 is 1.70. The number of carbonyl (C=O) groups excluding carboxylic acids is 2. The van der Waals surface area contributed by atoms with Gasteiger partial charge in [0, 0.05) is 30.8 Å². The van der Waals surface area contributed by atoms with Gasteiger partial charge in [0.25, 0.3) is 0 Å². The van der Waals surface area contributed by atoms with Gasteiger partial charge in [-0.05, 0) is 35.6 Å². The predicted molar refractivity (Wildman–Crippen MR) is 94.4 cm³/mol. The number of ether oxygens (including phenoxy) is 1. The number of hydrogen-bond donors (Lipinski definition) is 1. The third-order valence-corrected chi connectivity index (χ3v) is 5.13. The van der Waals surface area contributed by atoms with Gasteiger partial charge in [-0.3, -0.25) is 9.59 Å². The lowest BCUT2D eigenvalue weighted by Gasteiger charge is -2.27. The van der Waals surface area contributed by atoms with Crippen molar-refractivity contribution in [2.75, 3.05) is 11.9 Å². The molecule has 1 aliphatic heterocycles. The number of nitrogens with one attached hydrogen (secondary N) is 1. The molecular weight excluding hydrogens is 362 g/mol. The first-order valence-corrected chi connectivity index (χ1v) is 9.07. The highest BCUT2D eigenvalue weighted by atomic mass is 32.1. The molecule has 138 valence electrons. The number of carbonyl (C=O) groups is 2. The van der Waals surface area contributed by atoms with Gasteiger partial charge in [0.05, 0.1) is 5.69 Å². The summed E-state index contributed by atoms with van der Waals surface area (Å²) in [5, 5.41) is 4.54. The molecule has 0 bridgehead atoms. The second kappa shape index (κ2) is 8.27. The third kappa shape index (κ3) is 4.57. The molecule has 8 heteroatoms. The normalized spacial score (nSPS) is 13.4. The van der Waals surface area contributed by atoms with E-state index in [1.165, 1.54) is 23.1 Å². The highest BCUT2D eigenvalue weighted by Crippen LogP contribution is 2.26. The van der Waals surface area contributed by atoms with Crippen LogP contribution in [0.4, 0.5) is 14.5 Å². The quantitative estimate of drug-likeness (QED) is 0.832. The Morgan fingerprint density at radius 1 is 1.23 bits per heavy atom. The molecule has 0 radical (unpaired) electrons. The lowest BCUT2D eigenvalue weighted by molar-refractivity contribution is -0.133. The molecule has 0 atom stereocenters. The Morgan fingerprint density at radius 3 is 2.85 bits per heavy atom. The fraction of sp³-hybridized carbons (Fsp3) is 0.333. The van der Waals surface area contributed by atoms with Gasteiger partial charge in [-0.15, -0.1) is 11.3 Å². The summed E-state index contributed by atoms with van der Waals surface area (Å²) in [5.41, 5.74) is 1.32. The van der Waals surface area contributed by atoms with Gasteiger partial charge >= 0.3 is 6.61 Å². The molecule has 3 rings (SSSR count). The molecule has 0 saturated heterocycles. The van der Waals surface area contributed by atoms with Crippen LogP contribution in [0.2, 0.25) is 0 Å². The summed E-state index contributed by atoms with van der Waals surface area (Å²) in [6, 6.07) is 7.97. The smallest absolute Gasteiger partial charge is 0.387 e. The van der Waals surface area contributed by atoms with Crippen molar-refractivity contribution in [3.8, 4) is 5.75 Å². The minimum absolute atomic E-state index is 0.0190. The maximum Gasteiger partial charge on any atom is 0.387 e. The first-order chi connectivity index (χ1) is 12.5. The van der Waals surface area contributed by atoms with Crippen molar-refractivity contribution < 1.29 is 23.1 Å². The van der Waals surface area contributed by atoms with Crippen LogP contribution in [0.5, 0.6) is 5.75 Å². The molecular formula is C18H18F2N2O3S. The number of amides is 2. The van der Waals surface area contributed by atoms with E-state index in [4.69, 9.17) is 0 Å². The van der Waals surface area contributed by atoms with E-state index in [0.29, 0.717) is 13.1 Å². The minimum atomic E-state index is -2.98. The summed E-state index contributed by atoms with van der Waals surface area (Å²) in [4.78, 5) is 27.5.